The van der Waals surface area contributed by atoms with Crippen molar-refractivity contribution in [3.05, 3.63) is 46.5 Å². The Kier molecular flexibility index (Phi) is 5.67. The fourth-order valence-electron chi connectivity index (χ4n) is 2.65. The Bertz CT molecular complexity index is 806. The highest BCUT2D eigenvalue weighted by atomic mass is 35.5. The van der Waals surface area contributed by atoms with Crippen LogP contribution in [0.3, 0.4) is 0 Å². The Morgan fingerprint density at radius 1 is 1.04 bits per heavy atom. The highest BCUT2D eigenvalue weighted by Crippen LogP contribution is 2.41. The van der Waals surface area contributed by atoms with E-state index < -0.39 is 0 Å². The number of nitrogens with zero attached hydrogens (tertiary/aromatic N) is 1. The van der Waals surface area contributed by atoms with E-state index in [0.717, 1.165) is 17.0 Å². The minimum atomic E-state index is -0.0795. The molecule has 0 saturated carbocycles. The smallest absolute Gasteiger partial charge is 0.147 e. The molecule has 1 aliphatic rings. The van der Waals surface area contributed by atoms with Gasteiger partial charge in [0.25, 0.3) is 0 Å². The van der Waals surface area contributed by atoms with Crippen LogP contribution in [0.15, 0.2) is 40.5 Å². The Morgan fingerprint density at radius 3 is 2.19 bits per heavy atom. The number of benzene rings is 1. The molecule has 2 N–H and O–H groups in total. The van der Waals surface area contributed by atoms with Crippen LogP contribution in [0.1, 0.15) is 52.7 Å². The second kappa shape index (κ2) is 7.28. The third kappa shape index (κ3) is 4.55. The third-order valence-electron chi connectivity index (χ3n) is 4.22. The van der Waals surface area contributed by atoms with E-state index in [9.17, 15) is 0 Å². The van der Waals surface area contributed by atoms with E-state index in [1.54, 1.807) is 25.3 Å². The van der Waals surface area contributed by atoms with Crippen LogP contribution >= 0.6 is 11.6 Å². The first kappa shape index (κ1) is 20.2. The summed E-state index contributed by atoms with van der Waals surface area (Å²) < 4.78 is 5.72. The van der Waals surface area contributed by atoms with E-state index in [-0.39, 0.29) is 16.5 Å². The standard InChI is InChI=1S/C21H28ClN3O/c1-20(2,3)13-10-15(21(4,5)6)19(26-7)18(11-13)25-24-17-9-8-14(22)12-16(17)23/h8-12,23,25H,1-7H3/b23-16?,24-17-. The highest BCUT2D eigenvalue weighted by molar-refractivity contribution is 6.52. The van der Waals surface area contributed by atoms with Crippen molar-refractivity contribution in [2.45, 2.75) is 52.4 Å². The van der Waals surface area contributed by atoms with Crippen molar-refractivity contribution < 1.29 is 4.74 Å². The number of halogens is 1. The van der Waals surface area contributed by atoms with Crippen molar-refractivity contribution in [1.82, 2.24) is 0 Å². The summed E-state index contributed by atoms with van der Waals surface area (Å²) in [5.74, 6) is 0.773. The Morgan fingerprint density at radius 2 is 1.69 bits per heavy atom. The summed E-state index contributed by atoms with van der Waals surface area (Å²) in [5, 5.41) is 12.9. The van der Waals surface area contributed by atoms with E-state index in [1.165, 1.54) is 5.56 Å². The first-order valence-electron chi connectivity index (χ1n) is 8.64. The van der Waals surface area contributed by atoms with Gasteiger partial charge in [-0.05, 0) is 40.7 Å². The van der Waals surface area contributed by atoms with Crippen LogP contribution in [0.25, 0.3) is 0 Å². The molecule has 0 bridgehead atoms. The highest BCUT2D eigenvalue weighted by Gasteiger charge is 2.25. The normalized spacial score (nSPS) is 16.7. The molecule has 140 valence electrons. The van der Waals surface area contributed by atoms with E-state index in [1.807, 2.05) is 0 Å². The molecule has 4 nitrogen and oxygen atoms in total. The molecule has 0 saturated heterocycles. The number of hydrogen-bond acceptors (Lipinski definition) is 4. The Balaban J connectivity index is 2.53. The molecule has 1 aliphatic carbocycles. The molecular weight excluding hydrogens is 346 g/mol. The van der Waals surface area contributed by atoms with Crippen LogP contribution in [0.5, 0.6) is 5.75 Å². The minimum absolute atomic E-state index is 0.0104. The van der Waals surface area contributed by atoms with E-state index in [0.29, 0.717) is 10.7 Å². The number of hydrogen-bond donors (Lipinski definition) is 2. The summed E-state index contributed by atoms with van der Waals surface area (Å²) in [5.41, 5.74) is 6.91. The third-order valence-corrected chi connectivity index (χ3v) is 4.46. The summed E-state index contributed by atoms with van der Waals surface area (Å²) in [4.78, 5) is 0. The van der Waals surface area contributed by atoms with Crippen molar-refractivity contribution in [3.8, 4) is 5.75 Å². The van der Waals surface area contributed by atoms with Gasteiger partial charge in [0, 0.05) is 10.6 Å². The maximum absolute atomic E-state index is 8.01. The predicted molar refractivity (Wildman–Crippen MR) is 112 cm³/mol. The van der Waals surface area contributed by atoms with Crippen molar-refractivity contribution in [1.29, 1.82) is 5.41 Å². The molecule has 0 heterocycles. The molecule has 26 heavy (non-hydrogen) atoms. The fraction of sp³-hybridized carbons (Fsp3) is 0.429. The van der Waals surface area contributed by atoms with E-state index >= 15 is 0 Å². The van der Waals surface area contributed by atoms with Gasteiger partial charge in [-0.2, -0.15) is 5.10 Å². The van der Waals surface area contributed by atoms with Gasteiger partial charge in [0.15, 0.2) is 0 Å². The lowest BCUT2D eigenvalue weighted by atomic mass is 9.79. The lowest BCUT2D eigenvalue weighted by Gasteiger charge is -2.28. The lowest BCUT2D eigenvalue weighted by molar-refractivity contribution is 0.398. The zero-order chi connectivity index (χ0) is 19.7. The molecule has 0 spiro atoms. The van der Waals surface area contributed by atoms with Crippen LogP contribution in [-0.2, 0) is 10.8 Å². The van der Waals surface area contributed by atoms with Crippen LogP contribution < -0.4 is 10.2 Å². The molecule has 0 aliphatic heterocycles. The average Bonchev–Trinajstić information content (AvgIpc) is 2.51. The SMILES string of the molecule is COc1c(N/N=C2/C=CC(Cl)=CC2=N)cc(C(C)(C)C)cc1C(C)(C)C. The summed E-state index contributed by atoms with van der Waals surface area (Å²) >= 11 is 5.92. The summed E-state index contributed by atoms with van der Waals surface area (Å²) in [6.07, 6.45) is 5.03. The van der Waals surface area contributed by atoms with Crippen LogP contribution in [-0.4, -0.2) is 18.5 Å². The van der Waals surface area contributed by atoms with Gasteiger partial charge < -0.3 is 4.74 Å². The molecule has 2 rings (SSSR count). The van der Waals surface area contributed by atoms with Crippen LogP contribution in [0, 0.1) is 5.41 Å². The first-order chi connectivity index (χ1) is 11.9. The van der Waals surface area contributed by atoms with Gasteiger partial charge in [-0.3, -0.25) is 10.8 Å². The van der Waals surface area contributed by atoms with Gasteiger partial charge in [0.05, 0.1) is 18.5 Å². The van der Waals surface area contributed by atoms with Crippen LogP contribution in [0.4, 0.5) is 5.69 Å². The van der Waals surface area contributed by atoms with E-state index in [2.05, 4.69) is 64.2 Å². The zero-order valence-electron chi connectivity index (χ0n) is 16.6. The Hall–Kier alpha value is -2.07. The number of nitrogens with one attached hydrogen (secondary N) is 2. The van der Waals surface area contributed by atoms with Gasteiger partial charge in [-0.15, -0.1) is 0 Å². The average molecular weight is 374 g/mol. The first-order valence-corrected chi connectivity index (χ1v) is 9.02. The van der Waals surface area contributed by atoms with Crippen molar-refractivity contribution in [3.63, 3.8) is 0 Å². The lowest BCUT2D eigenvalue weighted by Crippen LogP contribution is -2.19. The number of ether oxygens (including phenoxy) is 1. The molecule has 0 atom stereocenters. The molecule has 0 aromatic heterocycles. The molecule has 0 radical (unpaired) electrons. The zero-order valence-corrected chi connectivity index (χ0v) is 17.4. The number of hydrazone groups is 1. The van der Waals surface area contributed by atoms with Gasteiger partial charge in [-0.1, -0.05) is 59.2 Å². The largest absolute Gasteiger partial charge is 0.494 e. The molecular formula is C21H28ClN3O. The second-order valence-corrected chi connectivity index (χ2v) is 8.93. The van der Waals surface area contributed by atoms with Crippen molar-refractivity contribution in [2.75, 3.05) is 12.5 Å². The quantitative estimate of drug-likeness (QED) is 0.521. The van der Waals surface area contributed by atoms with Gasteiger partial charge in [0.1, 0.15) is 11.5 Å². The fourth-order valence-corrected chi connectivity index (χ4v) is 2.82. The maximum Gasteiger partial charge on any atom is 0.147 e. The molecule has 0 unspecified atom stereocenters. The predicted octanol–water partition coefficient (Wildman–Crippen LogP) is 5.77. The number of anilines is 1. The second-order valence-electron chi connectivity index (χ2n) is 8.49. The topological polar surface area (TPSA) is 57.5 Å². The number of methoxy groups -OCH3 is 1. The molecule has 5 heteroatoms. The van der Waals surface area contributed by atoms with Gasteiger partial charge >= 0.3 is 0 Å². The summed E-state index contributed by atoms with van der Waals surface area (Å²) in [6, 6.07) is 4.28. The number of rotatable bonds is 3. The maximum atomic E-state index is 8.01. The summed E-state index contributed by atoms with van der Waals surface area (Å²) in [6.45, 7) is 13.0. The monoisotopic (exact) mass is 373 g/mol. The van der Waals surface area contributed by atoms with Gasteiger partial charge in [0.2, 0.25) is 0 Å². The minimum Gasteiger partial charge on any atom is -0.494 e. The van der Waals surface area contributed by atoms with E-state index in [4.69, 9.17) is 21.7 Å². The van der Waals surface area contributed by atoms with Crippen molar-refractivity contribution >= 4 is 28.7 Å². The summed E-state index contributed by atoms with van der Waals surface area (Å²) in [7, 11) is 1.67. The van der Waals surface area contributed by atoms with Crippen LogP contribution in [0.2, 0.25) is 0 Å². The van der Waals surface area contributed by atoms with Gasteiger partial charge in [-0.25, -0.2) is 0 Å². The number of allylic oxidation sites excluding steroid dienone is 4. The molecule has 0 fully saturated rings. The Labute approximate surface area is 161 Å². The molecule has 0 amide bonds. The molecule has 1 aromatic rings. The molecule has 1 aromatic carbocycles. The van der Waals surface area contributed by atoms with Crippen molar-refractivity contribution in [2.24, 2.45) is 5.10 Å².